The van der Waals surface area contributed by atoms with E-state index in [-0.39, 0.29) is 0 Å². The molecule has 2 nitrogen and oxygen atoms in total. The van der Waals surface area contributed by atoms with Gasteiger partial charge in [0, 0.05) is 19.3 Å². The molecule has 1 saturated heterocycles. The van der Waals surface area contributed by atoms with E-state index in [9.17, 15) is 0 Å². The lowest BCUT2D eigenvalue weighted by molar-refractivity contribution is 0.140. The van der Waals surface area contributed by atoms with Gasteiger partial charge in [-0.3, -0.25) is 0 Å². The summed E-state index contributed by atoms with van der Waals surface area (Å²) in [5.41, 5.74) is 5.78. The lowest BCUT2D eigenvalue weighted by atomic mass is 9.94. The zero-order valence-corrected chi connectivity index (χ0v) is 6.68. The zero-order chi connectivity index (χ0) is 7.40. The largest absolute Gasteiger partial charge is 0.381 e. The van der Waals surface area contributed by atoms with Crippen molar-refractivity contribution < 1.29 is 4.74 Å². The monoisotopic (exact) mass is 143 g/mol. The van der Waals surface area contributed by atoms with Crippen LogP contribution in [0.15, 0.2) is 0 Å². The molecule has 0 saturated carbocycles. The fraction of sp³-hybridized carbons (Fsp3) is 1.00. The molecule has 0 bridgehead atoms. The molecule has 60 valence electrons. The summed E-state index contributed by atoms with van der Waals surface area (Å²) in [6.07, 6.45) is 3.58. The summed E-state index contributed by atoms with van der Waals surface area (Å²) in [4.78, 5) is 0. The van der Waals surface area contributed by atoms with E-state index < -0.39 is 0 Å². The predicted molar refractivity (Wildman–Crippen MR) is 41.8 cm³/mol. The number of rotatable bonds is 1. The molecule has 0 radical (unpaired) electrons. The molecule has 1 heterocycles. The summed E-state index contributed by atoms with van der Waals surface area (Å²) in [5.74, 6) is 0.697. The molecule has 1 unspecified atom stereocenters. The zero-order valence-electron chi connectivity index (χ0n) is 6.68. The normalized spacial score (nSPS) is 31.2. The smallest absolute Gasteiger partial charge is 0.0469 e. The van der Waals surface area contributed by atoms with Crippen molar-refractivity contribution in [2.75, 3.05) is 13.2 Å². The molecule has 2 N–H and O–H groups in total. The maximum Gasteiger partial charge on any atom is 0.0469 e. The third-order valence-electron chi connectivity index (χ3n) is 2.24. The highest BCUT2D eigenvalue weighted by molar-refractivity contribution is 4.70. The van der Waals surface area contributed by atoms with Crippen LogP contribution in [-0.2, 0) is 4.74 Å². The number of hydrogen-bond donors (Lipinski definition) is 1. The number of nitrogens with two attached hydrogens (primary N) is 1. The molecule has 2 atom stereocenters. The first-order chi connectivity index (χ1) is 4.80. The fourth-order valence-electron chi connectivity index (χ4n) is 1.45. The Morgan fingerprint density at radius 1 is 1.40 bits per heavy atom. The van der Waals surface area contributed by atoms with Crippen molar-refractivity contribution in [1.29, 1.82) is 0 Å². The molecule has 1 rings (SSSR count). The fourth-order valence-corrected chi connectivity index (χ4v) is 1.45. The molecule has 0 aromatic rings. The first-order valence-electron chi connectivity index (χ1n) is 4.14. The second-order valence-electron chi connectivity index (χ2n) is 3.16. The van der Waals surface area contributed by atoms with Gasteiger partial charge in [-0.15, -0.1) is 0 Å². The van der Waals surface area contributed by atoms with Crippen LogP contribution < -0.4 is 5.73 Å². The standard InChI is InChI=1S/C8H17NO/c1-7(9)8-3-2-5-10-6-4-8/h7-8H,2-6,9H2,1H3/t7-,8?/m1/s1. The van der Waals surface area contributed by atoms with Gasteiger partial charge in [-0.05, 0) is 32.1 Å². The Hall–Kier alpha value is -0.0800. The van der Waals surface area contributed by atoms with Crippen LogP contribution >= 0.6 is 0 Å². The second-order valence-corrected chi connectivity index (χ2v) is 3.16. The molecule has 2 heteroatoms. The van der Waals surface area contributed by atoms with Crippen LogP contribution in [0.3, 0.4) is 0 Å². The van der Waals surface area contributed by atoms with E-state index in [2.05, 4.69) is 6.92 Å². The molecule has 0 aliphatic carbocycles. The SMILES string of the molecule is C[C@@H](N)C1CCCOCC1. The average molecular weight is 143 g/mol. The van der Waals surface area contributed by atoms with Gasteiger partial charge in [0.1, 0.15) is 0 Å². The van der Waals surface area contributed by atoms with Gasteiger partial charge in [0.15, 0.2) is 0 Å². The van der Waals surface area contributed by atoms with Crippen molar-refractivity contribution in [3.63, 3.8) is 0 Å². The minimum Gasteiger partial charge on any atom is -0.381 e. The maximum atomic E-state index is 5.78. The average Bonchev–Trinajstić information content (AvgIpc) is 2.12. The van der Waals surface area contributed by atoms with E-state index in [4.69, 9.17) is 10.5 Å². The summed E-state index contributed by atoms with van der Waals surface area (Å²) in [6, 6.07) is 0.349. The number of ether oxygens (including phenoxy) is 1. The molecule has 1 fully saturated rings. The van der Waals surface area contributed by atoms with E-state index in [1.165, 1.54) is 12.8 Å². The second kappa shape index (κ2) is 3.94. The number of hydrogen-bond acceptors (Lipinski definition) is 2. The Morgan fingerprint density at radius 3 is 2.90 bits per heavy atom. The highest BCUT2D eigenvalue weighted by Crippen LogP contribution is 2.17. The van der Waals surface area contributed by atoms with Crippen LogP contribution in [-0.4, -0.2) is 19.3 Å². The van der Waals surface area contributed by atoms with Gasteiger partial charge in [-0.2, -0.15) is 0 Å². The Balaban J connectivity index is 2.28. The first kappa shape index (κ1) is 8.02. The summed E-state index contributed by atoms with van der Waals surface area (Å²) >= 11 is 0. The van der Waals surface area contributed by atoms with Gasteiger partial charge >= 0.3 is 0 Å². The Labute approximate surface area is 62.7 Å². The van der Waals surface area contributed by atoms with E-state index in [1.54, 1.807) is 0 Å². The van der Waals surface area contributed by atoms with Crippen LogP contribution in [0, 0.1) is 5.92 Å². The molecule has 1 aliphatic heterocycles. The predicted octanol–water partition coefficient (Wildman–Crippen LogP) is 1.15. The van der Waals surface area contributed by atoms with Crippen molar-refractivity contribution in [1.82, 2.24) is 0 Å². The van der Waals surface area contributed by atoms with Gasteiger partial charge in [-0.25, -0.2) is 0 Å². The molecular weight excluding hydrogens is 126 g/mol. The molecular formula is C8H17NO. The summed E-state index contributed by atoms with van der Waals surface area (Å²) in [5, 5.41) is 0. The third-order valence-corrected chi connectivity index (χ3v) is 2.24. The van der Waals surface area contributed by atoms with Gasteiger partial charge in [0.05, 0.1) is 0 Å². The van der Waals surface area contributed by atoms with Crippen LogP contribution in [0.5, 0.6) is 0 Å². The molecule has 0 aromatic carbocycles. The third kappa shape index (κ3) is 2.27. The Kier molecular flexibility index (Phi) is 3.16. The van der Waals surface area contributed by atoms with Crippen molar-refractivity contribution >= 4 is 0 Å². The maximum absolute atomic E-state index is 5.78. The summed E-state index contributed by atoms with van der Waals surface area (Å²) in [6.45, 7) is 3.94. The molecule has 0 amide bonds. The molecule has 0 spiro atoms. The Morgan fingerprint density at radius 2 is 2.20 bits per heavy atom. The van der Waals surface area contributed by atoms with Crippen molar-refractivity contribution in [3.8, 4) is 0 Å². The van der Waals surface area contributed by atoms with Crippen LogP contribution in [0.2, 0.25) is 0 Å². The van der Waals surface area contributed by atoms with Gasteiger partial charge in [-0.1, -0.05) is 0 Å². The lowest BCUT2D eigenvalue weighted by Crippen LogP contribution is -2.26. The van der Waals surface area contributed by atoms with E-state index in [1.807, 2.05) is 0 Å². The highest BCUT2D eigenvalue weighted by Gasteiger charge is 2.15. The van der Waals surface area contributed by atoms with Gasteiger partial charge < -0.3 is 10.5 Å². The summed E-state index contributed by atoms with van der Waals surface area (Å²) in [7, 11) is 0. The van der Waals surface area contributed by atoms with E-state index in [0.29, 0.717) is 12.0 Å². The van der Waals surface area contributed by atoms with E-state index in [0.717, 1.165) is 19.6 Å². The Bertz CT molecular complexity index is 85.3. The van der Waals surface area contributed by atoms with Crippen LogP contribution in [0.4, 0.5) is 0 Å². The molecule has 0 aromatic heterocycles. The molecule has 10 heavy (non-hydrogen) atoms. The first-order valence-corrected chi connectivity index (χ1v) is 4.14. The lowest BCUT2D eigenvalue weighted by Gasteiger charge is -2.16. The van der Waals surface area contributed by atoms with Crippen molar-refractivity contribution in [3.05, 3.63) is 0 Å². The van der Waals surface area contributed by atoms with Crippen molar-refractivity contribution in [2.24, 2.45) is 11.7 Å². The van der Waals surface area contributed by atoms with Crippen LogP contribution in [0.25, 0.3) is 0 Å². The summed E-state index contributed by atoms with van der Waals surface area (Å²) < 4.78 is 5.32. The minimum atomic E-state index is 0.349. The van der Waals surface area contributed by atoms with Crippen LogP contribution in [0.1, 0.15) is 26.2 Å². The minimum absolute atomic E-state index is 0.349. The quantitative estimate of drug-likeness (QED) is 0.597. The highest BCUT2D eigenvalue weighted by atomic mass is 16.5. The van der Waals surface area contributed by atoms with Gasteiger partial charge in [0.25, 0.3) is 0 Å². The van der Waals surface area contributed by atoms with E-state index >= 15 is 0 Å². The molecule has 1 aliphatic rings. The van der Waals surface area contributed by atoms with Gasteiger partial charge in [0.2, 0.25) is 0 Å². The van der Waals surface area contributed by atoms with Crippen molar-refractivity contribution in [2.45, 2.75) is 32.2 Å². The topological polar surface area (TPSA) is 35.2 Å².